The second-order valence-electron chi connectivity index (χ2n) is 10.7. The molecule has 0 spiro atoms. The molecule has 15 heteroatoms. The number of hydrogen-bond donors (Lipinski definition) is 8. The number of carboxylic acid groups (broad SMARTS) is 1. The van der Waals surface area contributed by atoms with Gasteiger partial charge in [0.05, 0.1) is 48.2 Å². The number of aliphatic hydroxyl groups excluding tert-OH is 2. The fourth-order valence-corrected chi connectivity index (χ4v) is 6.01. The number of aliphatic hydroxyl groups is 3. The number of carbonyl (C=O) groups excluding carboxylic acids is 3. The van der Waals surface area contributed by atoms with E-state index in [1.165, 1.54) is 32.2 Å². The molecule has 1 aliphatic heterocycles. The van der Waals surface area contributed by atoms with Gasteiger partial charge in [-0.3, -0.25) is 19.8 Å². The number of phenols is 2. The van der Waals surface area contributed by atoms with Crippen LogP contribution in [0.5, 0.6) is 17.2 Å². The van der Waals surface area contributed by atoms with Gasteiger partial charge in [-0.05, 0) is 13.0 Å². The SMILES string of the molecule is COc1cccc2c1C(=O)c1c(O)c3c(c(O)c1C2=O)C[C@@](O)(C(=O)CO)C[C@@H]3OC1CC(NNC(=O)O)C(O)C(C)O1. The maximum atomic E-state index is 13.7. The lowest BCUT2D eigenvalue weighted by Gasteiger charge is -2.42. The summed E-state index contributed by atoms with van der Waals surface area (Å²) in [4.78, 5) is 51.0. The number of aromatic hydroxyl groups is 2. The van der Waals surface area contributed by atoms with E-state index in [9.17, 15) is 44.7 Å². The number of methoxy groups -OCH3 is 1. The highest BCUT2D eigenvalue weighted by molar-refractivity contribution is 6.31. The third kappa shape index (κ3) is 4.99. The number of carbonyl (C=O) groups is 4. The number of amides is 1. The number of hydrazine groups is 1. The van der Waals surface area contributed by atoms with Gasteiger partial charge < -0.3 is 44.8 Å². The van der Waals surface area contributed by atoms with Crippen LogP contribution in [-0.2, 0) is 20.7 Å². The number of ether oxygens (including phenoxy) is 3. The average Bonchev–Trinajstić information content (AvgIpc) is 2.97. The van der Waals surface area contributed by atoms with Gasteiger partial charge >= 0.3 is 6.09 Å². The molecule has 2 aromatic rings. The van der Waals surface area contributed by atoms with Crippen LogP contribution in [0.1, 0.15) is 68.8 Å². The molecule has 1 heterocycles. The quantitative estimate of drug-likeness (QED) is 0.129. The first-order valence-corrected chi connectivity index (χ1v) is 13.3. The molecule has 0 saturated carbocycles. The molecule has 43 heavy (non-hydrogen) atoms. The van der Waals surface area contributed by atoms with Crippen molar-refractivity contribution in [1.29, 1.82) is 0 Å². The molecule has 3 aliphatic rings. The van der Waals surface area contributed by atoms with Crippen LogP contribution in [0.3, 0.4) is 0 Å². The fraction of sp³-hybridized carbons (Fsp3) is 0.429. The van der Waals surface area contributed by atoms with Crippen LogP contribution < -0.4 is 15.6 Å². The standard InChI is InChI=1S/C28H30N2O13/c1-10-22(33)13(29-30-27(38)39)6-17(42-10)43-15-8-28(40,16(32)9-31)7-12-19(15)26(37)21-20(24(12)35)23(34)11-4-3-5-14(41-2)18(11)25(21)36/h3-5,10,13,15,17,22,29-31,33,35,37,40H,6-9H2,1-2H3,(H,38,39)/t10?,13?,15-,17?,22?,28-/m0/s1. The molecule has 1 saturated heterocycles. The molecular weight excluding hydrogens is 572 g/mol. The zero-order valence-electron chi connectivity index (χ0n) is 23.0. The molecule has 1 fully saturated rings. The number of fused-ring (bicyclic) bond motifs is 3. The summed E-state index contributed by atoms with van der Waals surface area (Å²) in [7, 11) is 1.30. The number of benzene rings is 2. The zero-order valence-corrected chi connectivity index (χ0v) is 23.0. The smallest absolute Gasteiger partial charge is 0.419 e. The number of rotatable bonds is 7. The van der Waals surface area contributed by atoms with Crippen molar-refractivity contribution in [2.24, 2.45) is 0 Å². The lowest BCUT2D eigenvalue weighted by Crippen LogP contribution is -2.58. The molecule has 2 aliphatic carbocycles. The van der Waals surface area contributed by atoms with Crippen LogP contribution >= 0.6 is 0 Å². The van der Waals surface area contributed by atoms with Crippen molar-refractivity contribution in [2.45, 2.75) is 62.4 Å². The number of ketones is 3. The fourth-order valence-electron chi connectivity index (χ4n) is 6.01. The molecule has 8 N–H and O–H groups in total. The Bertz CT molecular complexity index is 1520. The number of Topliss-reactive ketones (excluding diaryl/α,β-unsaturated/α-hetero) is 1. The third-order valence-corrected chi connectivity index (χ3v) is 8.13. The van der Waals surface area contributed by atoms with Crippen LogP contribution in [0, 0.1) is 0 Å². The predicted octanol–water partition coefficient (Wildman–Crippen LogP) is -0.185. The van der Waals surface area contributed by atoms with Crippen molar-refractivity contribution < 1.29 is 64.0 Å². The minimum absolute atomic E-state index is 0.0606. The Morgan fingerprint density at radius 1 is 1.12 bits per heavy atom. The van der Waals surface area contributed by atoms with E-state index in [1.54, 1.807) is 0 Å². The van der Waals surface area contributed by atoms with E-state index in [2.05, 4.69) is 5.43 Å². The topological polar surface area (TPSA) is 241 Å². The Labute approximate surface area is 243 Å². The van der Waals surface area contributed by atoms with E-state index >= 15 is 0 Å². The van der Waals surface area contributed by atoms with Crippen LogP contribution in [0.2, 0.25) is 0 Å². The third-order valence-electron chi connectivity index (χ3n) is 8.13. The molecule has 0 radical (unpaired) electrons. The van der Waals surface area contributed by atoms with Gasteiger partial charge in [-0.25, -0.2) is 10.2 Å². The number of nitrogens with one attached hydrogen (secondary N) is 2. The molecule has 0 aromatic heterocycles. The largest absolute Gasteiger partial charge is 0.507 e. The molecule has 1 amide bonds. The van der Waals surface area contributed by atoms with E-state index in [-0.39, 0.29) is 34.4 Å². The monoisotopic (exact) mass is 602 g/mol. The second kappa shape index (κ2) is 11.2. The lowest BCUT2D eigenvalue weighted by atomic mass is 9.72. The van der Waals surface area contributed by atoms with Crippen LogP contribution in [0.4, 0.5) is 4.79 Å². The van der Waals surface area contributed by atoms with E-state index < -0.39 is 102 Å². The molecule has 6 atom stereocenters. The first-order chi connectivity index (χ1) is 20.3. The van der Waals surface area contributed by atoms with Crippen LogP contribution in [0.15, 0.2) is 18.2 Å². The summed E-state index contributed by atoms with van der Waals surface area (Å²) in [5.74, 6) is -4.08. The first kappa shape index (κ1) is 30.3. The van der Waals surface area contributed by atoms with Crippen LogP contribution in [0.25, 0.3) is 0 Å². The number of hydrogen-bond acceptors (Lipinski definition) is 13. The summed E-state index contributed by atoms with van der Waals surface area (Å²) in [6, 6.07) is 3.37. The average molecular weight is 603 g/mol. The van der Waals surface area contributed by atoms with Crippen molar-refractivity contribution in [2.75, 3.05) is 13.7 Å². The van der Waals surface area contributed by atoms with Crippen molar-refractivity contribution in [3.05, 3.63) is 51.6 Å². The molecule has 15 nitrogen and oxygen atoms in total. The summed E-state index contributed by atoms with van der Waals surface area (Å²) >= 11 is 0. The molecule has 2 aromatic carbocycles. The summed E-state index contributed by atoms with van der Waals surface area (Å²) < 4.78 is 17.1. The Kier molecular flexibility index (Phi) is 7.89. The van der Waals surface area contributed by atoms with Gasteiger partial charge in [-0.15, -0.1) is 0 Å². The molecule has 230 valence electrons. The van der Waals surface area contributed by atoms with E-state index in [1.807, 2.05) is 5.43 Å². The molecule has 4 unspecified atom stereocenters. The maximum absolute atomic E-state index is 13.7. The molecule has 5 rings (SSSR count). The van der Waals surface area contributed by atoms with Gasteiger partial charge in [0, 0.05) is 36.0 Å². The Balaban J connectivity index is 1.62. The van der Waals surface area contributed by atoms with Crippen molar-refractivity contribution in [3.63, 3.8) is 0 Å². The van der Waals surface area contributed by atoms with Gasteiger partial charge in [0.25, 0.3) is 0 Å². The summed E-state index contributed by atoms with van der Waals surface area (Å²) in [6.45, 7) is 0.418. The highest BCUT2D eigenvalue weighted by Crippen LogP contribution is 2.52. The summed E-state index contributed by atoms with van der Waals surface area (Å²) in [6.07, 6.45) is -7.54. The van der Waals surface area contributed by atoms with Gasteiger partial charge in [0.2, 0.25) is 5.78 Å². The number of phenolic OH excluding ortho intramolecular Hbond substituents is 2. The first-order valence-electron chi connectivity index (χ1n) is 13.3. The van der Waals surface area contributed by atoms with E-state index in [4.69, 9.17) is 19.3 Å². The van der Waals surface area contributed by atoms with E-state index in [0.29, 0.717) is 0 Å². The highest BCUT2D eigenvalue weighted by Gasteiger charge is 2.50. The Morgan fingerprint density at radius 2 is 1.81 bits per heavy atom. The van der Waals surface area contributed by atoms with Crippen LogP contribution in [-0.4, -0.2) is 97.9 Å². The van der Waals surface area contributed by atoms with Gasteiger partial charge in [0.15, 0.2) is 17.9 Å². The minimum Gasteiger partial charge on any atom is -0.507 e. The minimum atomic E-state index is -2.32. The van der Waals surface area contributed by atoms with Crippen molar-refractivity contribution in [1.82, 2.24) is 10.9 Å². The summed E-state index contributed by atoms with van der Waals surface area (Å²) in [5, 5.41) is 63.3. The Hall–Kier alpha value is -4.12. The van der Waals surface area contributed by atoms with Gasteiger partial charge in [-0.2, -0.15) is 0 Å². The lowest BCUT2D eigenvalue weighted by molar-refractivity contribution is -0.250. The maximum Gasteiger partial charge on any atom is 0.419 e. The van der Waals surface area contributed by atoms with Crippen molar-refractivity contribution in [3.8, 4) is 17.2 Å². The molecule has 0 bridgehead atoms. The van der Waals surface area contributed by atoms with Gasteiger partial charge in [-0.1, -0.05) is 12.1 Å². The Morgan fingerprint density at radius 3 is 2.47 bits per heavy atom. The normalized spacial score (nSPS) is 28.0. The zero-order chi connectivity index (χ0) is 31.4. The van der Waals surface area contributed by atoms with Crippen molar-refractivity contribution >= 4 is 23.4 Å². The summed E-state index contributed by atoms with van der Waals surface area (Å²) in [5.41, 5.74) is 0.349. The second-order valence-corrected chi connectivity index (χ2v) is 10.7. The predicted molar refractivity (Wildman–Crippen MR) is 142 cm³/mol. The molecular formula is C28H30N2O13. The van der Waals surface area contributed by atoms with E-state index in [0.717, 1.165) is 0 Å². The van der Waals surface area contributed by atoms with Gasteiger partial charge in [0.1, 0.15) is 29.5 Å². The highest BCUT2D eigenvalue weighted by atomic mass is 16.7.